The van der Waals surface area contributed by atoms with Gasteiger partial charge in [-0.2, -0.15) is 0 Å². The molecule has 1 amide bonds. The molecule has 1 aliphatic rings. The summed E-state index contributed by atoms with van der Waals surface area (Å²) < 4.78 is 16.4. The Balaban J connectivity index is 1.48. The van der Waals surface area contributed by atoms with Crippen LogP contribution < -0.4 is 14.8 Å². The Morgan fingerprint density at radius 3 is 2.76 bits per heavy atom. The number of aromatic hydroxyl groups is 1. The van der Waals surface area contributed by atoms with Crippen LogP contribution in [0.4, 0.5) is 5.69 Å². The normalized spacial score (nSPS) is 12.3. The van der Waals surface area contributed by atoms with Crippen LogP contribution in [0.5, 0.6) is 17.2 Å². The van der Waals surface area contributed by atoms with Crippen molar-refractivity contribution in [2.75, 3.05) is 12.1 Å². The number of fused-ring (bicyclic) bond motifs is 2. The number of para-hydroxylation sites is 2. The van der Waals surface area contributed by atoms with E-state index in [1.807, 2.05) is 18.2 Å². The molecule has 1 aliphatic heterocycles. The summed E-state index contributed by atoms with van der Waals surface area (Å²) in [6.07, 6.45) is 0. The summed E-state index contributed by atoms with van der Waals surface area (Å²) in [5.74, 6) is 1.17. The number of hydrogen-bond acceptors (Lipinski definition) is 6. The van der Waals surface area contributed by atoms with Gasteiger partial charge in [0, 0.05) is 11.3 Å². The van der Waals surface area contributed by atoms with Crippen molar-refractivity contribution >= 4 is 22.7 Å². The highest BCUT2D eigenvalue weighted by molar-refractivity contribution is 6.05. The number of aryl methyl sites for hydroxylation is 1. The average molecular weight is 388 g/mol. The number of carbonyl (C=O) groups is 1. The van der Waals surface area contributed by atoms with Crippen LogP contribution >= 0.6 is 0 Å². The number of oxazole rings is 1. The second-order valence-corrected chi connectivity index (χ2v) is 6.70. The van der Waals surface area contributed by atoms with Crippen LogP contribution in [0, 0.1) is 6.92 Å². The Hall–Kier alpha value is -4.00. The quantitative estimate of drug-likeness (QED) is 0.502. The molecule has 0 radical (unpaired) electrons. The number of amides is 1. The molecule has 4 aromatic rings. The number of benzene rings is 3. The maximum atomic E-state index is 12.7. The number of phenolic OH excluding ortho intramolecular Hbond substituents is 1. The number of nitrogens with zero attached hydrogens (tertiary/aromatic N) is 1. The van der Waals surface area contributed by atoms with Crippen molar-refractivity contribution in [3.8, 4) is 28.7 Å². The molecule has 0 saturated carbocycles. The van der Waals surface area contributed by atoms with Gasteiger partial charge in [-0.3, -0.25) is 4.79 Å². The summed E-state index contributed by atoms with van der Waals surface area (Å²) in [5.41, 5.74) is 3.25. The molecule has 0 spiro atoms. The van der Waals surface area contributed by atoms with E-state index in [2.05, 4.69) is 10.3 Å². The predicted octanol–water partition coefficient (Wildman–Crippen LogP) is 4.49. The Morgan fingerprint density at radius 1 is 1.07 bits per heavy atom. The Labute approximate surface area is 165 Å². The average Bonchev–Trinajstić information content (AvgIpc) is 3.36. The Morgan fingerprint density at radius 2 is 1.90 bits per heavy atom. The van der Waals surface area contributed by atoms with Crippen molar-refractivity contribution in [1.29, 1.82) is 0 Å². The number of hydrogen-bond donors (Lipinski definition) is 2. The fourth-order valence-electron chi connectivity index (χ4n) is 3.24. The number of anilines is 1. The van der Waals surface area contributed by atoms with Crippen molar-refractivity contribution in [1.82, 2.24) is 4.98 Å². The highest BCUT2D eigenvalue weighted by atomic mass is 16.7. The fourth-order valence-corrected chi connectivity index (χ4v) is 3.24. The molecule has 0 atom stereocenters. The molecule has 2 heterocycles. The lowest BCUT2D eigenvalue weighted by atomic mass is 10.1. The standard InChI is InChI=1S/C22H16N2O5/c1-12-8-14(23-21(26)13-6-7-18-19(9-13)28-11-27-18)10-15(20(12)25)22-24-16-4-2-3-5-17(16)29-22/h2-10,25H,11H2,1H3,(H,23,26). The second kappa shape index (κ2) is 6.56. The maximum absolute atomic E-state index is 12.7. The van der Waals surface area contributed by atoms with Gasteiger partial charge in [-0.05, 0) is 55.0 Å². The van der Waals surface area contributed by atoms with Crippen LogP contribution in [0.25, 0.3) is 22.6 Å². The molecule has 7 heteroatoms. The van der Waals surface area contributed by atoms with E-state index in [0.717, 1.165) is 0 Å². The van der Waals surface area contributed by atoms with Gasteiger partial charge in [-0.25, -0.2) is 4.98 Å². The largest absolute Gasteiger partial charge is 0.507 e. The molecular formula is C22H16N2O5. The van der Waals surface area contributed by atoms with Crippen molar-refractivity contribution < 1.29 is 23.8 Å². The first-order chi connectivity index (χ1) is 14.1. The van der Waals surface area contributed by atoms with Crippen LogP contribution in [0.1, 0.15) is 15.9 Å². The molecular weight excluding hydrogens is 372 g/mol. The number of aromatic nitrogens is 1. The van der Waals surface area contributed by atoms with Gasteiger partial charge >= 0.3 is 0 Å². The first-order valence-electron chi connectivity index (χ1n) is 8.99. The zero-order valence-electron chi connectivity index (χ0n) is 15.4. The summed E-state index contributed by atoms with van der Waals surface area (Å²) in [6, 6.07) is 15.7. The first-order valence-corrected chi connectivity index (χ1v) is 8.99. The van der Waals surface area contributed by atoms with Crippen LogP contribution in [0.2, 0.25) is 0 Å². The smallest absolute Gasteiger partial charge is 0.255 e. The van der Waals surface area contributed by atoms with E-state index in [0.29, 0.717) is 45.0 Å². The minimum Gasteiger partial charge on any atom is -0.507 e. The molecule has 144 valence electrons. The van der Waals surface area contributed by atoms with Crippen LogP contribution in [0.3, 0.4) is 0 Å². The van der Waals surface area contributed by atoms with Gasteiger partial charge in [0.05, 0.1) is 5.56 Å². The molecule has 0 fully saturated rings. The highest BCUT2D eigenvalue weighted by Crippen LogP contribution is 2.36. The van der Waals surface area contributed by atoms with Crippen molar-refractivity contribution in [3.63, 3.8) is 0 Å². The van der Waals surface area contributed by atoms with Crippen LogP contribution in [-0.2, 0) is 0 Å². The molecule has 29 heavy (non-hydrogen) atoms. The molecule has 3 aromatic carbocycles. The summed E-state index contributed by atoms with van der Waals surface area (Å²) in [7, 11) is 0. The van der Waals surface area contributed by atoms with Crippen LogP contribution in [-0.4, -0.2) is 22.8 Å². The summed E-state index contributed by atoms with van der Waals surface area (Å²) in [4.78, 5) is 17.1. The van der Waals surface area contributed by atoms with E-state index in [-0.39, 0.29) is 24.3 Å². The number of ether oxygens (including phenoxy) is 2. The molecule has 2 N–H and O–H groups in total. The SMILES string of the molecule is Cc1cc(NC(=O)c2ccc3c(c2)OCO3)cc(-c2nc3ccccc3o2)c1O. The Bertz CT molecular complexity index is 1230. The maximum Gasteiger partial charge on any atom is 0.255 e. The zero-order chi connectivity index (χ0) is 20.0. The van der Waals surface area contributed by atoms with E-state index in [1.165, 1.54) is 0 Å². The topological polar surface area (TPSA) is 93.8 Å². The second-order valence-electron chi connectivity index (χ2n) is 6.70. The molecule has 7 nitrogen and oxygen atoms in total. The van der Waals surface area contributed by atoms with Gasteiger partial charge in [-0.1, -0.05) is 12.1 Å². The monoisotopic (exact) mass is 388 g/mol. The summed E-state index contributed by atoms with van der Waals surface area (Å²) in [5, 5.41) is 13.4. The van der Waals surface area contributed by atoms with Gasteiger partial charge in [0.2, 0.25) is 12.7 Å². The lowest BCUT2D eigenvalue weighted by Gasteiger charge is -2.10. The highest BCUT2D eigenvalue weighted by Gasteiger charge is 2.19. The first kappa shape index (κ1) is 17.1. The minimum absolute atomic E-state index is 0.0534. The van der Waals surface area contributed by atoms with Crippen molar-refractivity contribution in [3.05, 3.63) is 65.7 Å². The summed E-state index contributed by atoms with van der Waals surface area (Å²) >= 11 is 0. The van der Waals surface area contributed by atoms with E-state index >= 15 is 0 Å². The Kier molecular flexibility index (Phi) is 3.87. The minimum atomic E-state index is -0.308. The lowest BCUT2D eigenvalue weighted by molar-refractivity contribution is 0.102. The fraction of sp³-hybridized carbons (Fsp3) is 0.0909. The van der Waals surface area contributed by atoms with E-state index in [1.54, 1.807) is 43.3 Å². The molecule has 0 bridgehead atoms. The molecule has 0 unspecified atom stereocenters. The van der Waals surface area contributed by atoms with Gasteiger partial charge in [0.1, 0.15) is 11.3 Å². The third kappa shape index (κ3) is 3.02. The van der Waals surface area contributed by atoms with Gasteiger partial charge in [0.25, 0.3) is 5.91 Å². The summed E-state index contributed by atoms with van der Waals surface area (Å²) in [6.45, 7) is 1.89. The van der Waals surface area contributed by atoms with E-state index in [9.17, 15) is 9.90 Å². The number of rotatable bonds is 3. The number of carbonyl (C=O) groups excluding carboxylic acids is 1. The zero-order valence-corrected chi connectivity index (χ0v) is 15.4. The third-order valence-electron chi connectivity index (χ3n) is 4.72. The molecule has 0 aliphatic carbocycles. The van der Waals surface area contributed by atoms with Gasteiger partial charge in [-0.15, -0.1) is 0 Å². The van der Waals surface area contributed by atoms with Gasteiger partial charge in [0.15, 0.2) is 17.1 Å². The molecule has 0 saturated heterocycles. The molecule has 5 rings (SSSR count). The third-order valence-corrected chi connectivity index (χ3v) is 4.72. The van der Waals surface area contributed by atoms with E-state index in [4.69, 9.17) is 13.9 Å². The van der Waals surface area contributed by atoms with Crippen molar-refractivity contribution in [2.24, 2.45) is 0 Å². The number of phenols is 1. The molecule has 1 aromatic heterocycles. The lowest BCUT2D eigenvalue weighted by Crippen LogP contribution is -2.12. The predicted molar refractivity (Wildman–Crippen MR) is 106 cm³/mol. The van der Waals surface area contributed by atoms with E-state index < -0.39 is 0 Å². The number of nitrogens with one attached hydrogen (secondary N) is 1. The van der Waals surface area contributed by atoms with Crippen LogP contribution in [0.15, 0.2) is 59.0 Å². The van der Waals surface area contributed by atoms with Crippen molar-refractivity contribution in [2.45, 2.75) is 6.92 Å². The van der Waals surface area contributed by atoms with Gasteiger partial charge < -0.3 is 24.3 Å².